The Kier molecular flexibility index (Phi) is 4.13. The Morgan fingerprint density at radius 1 is 1.29 bits per heavy atom. The van der Waals surface area contributed by atoms with Crippen molar-refractivity contribution >= 4 is 5.91 Å². The monoisotopic (exact) mass is 337 g/mol. The van der Waals surface area contributed by atoms with Crippen molar-refractivity contribution in [1.82, 2.24) is 14.9 Å². The van der Waals surface area contributed by atoms with Gasteiger partial charge in [-0.3, -0.25) is 14.6 Å². The van der Waals surface area contributed by atoms with Crippen LogP contribution in [0.25, 0.3) is 0 Å². The van der Waals surface area contributed by atoms with Crippen LogP contribution in [0.1, 0.15) is 40.5 Å². The molecule has 0 spiro atoms. The second-order valence-electron chi connectivity index (χ2n) is 5.54. The minimum atomic E-state index is -4.50. The number of likely N-dealkylation sites (tertiary alicyclic amines) is 1. The first-order valence-corrected chi connectivity index (χ1v) is 7.40. The van der Waals surface area contributed by atoms with Crippen molar-refractivity contribution in [3.63, 3.8) is 0 Å². The lowest BCUT2D eigenvalue weighted by atomic mass is 10.1. The molecule has 0 saturated carbocycles. The maximum Gasteiger partial charge on any atom is 0.433 e. The van der Waals surface area contributed by atoms with E-state index in [1.165, 1.54) is 23.2 Å². The zero-order valence-electron chi connectivity index (χ0n) is 12.5. The Morgan fingerprint density at radius 3 is 2.71 bits per heavy atom. The molecule has 3 heterocycles. The maximum atomic E-state index is 12.6. The smallest absolute Gasteiger partial charge is 0.331 e. The summed E-state index contributed by atoms with van der Waals surface area (Å²) < 4.78 is 37.8. The summed E-state index contributed by atoms with van der Waals surface area (Å²) in [6, 6.07) is 4.85. The van der Waals surface area contributed by atoms with E-state index in [1.807, 2.05) is 0 Å². The molecule has 1 aliphatic heterocycles. The molecule has 24 heavy (non-hydrogen) atoms. The molecule has 2 aromatic heterocycles. The number of halogens is 3. The van der Waals surface area contributed by atoms with Gasteiger partial charge in [0, 0.05) is 18.9 Å². The molecule has 0 radical (unpaired) electrons. The Bertz CT molecular complexity index is 799. The fourth-order valence-corrected chi connectivity index (χ4v) is 2.87. The van der Waals surface area contributed by atoms with Gasteiger partial charge in [-0.05, 0) is 36.6 Å². The number of aromatic nitrogens is 2. The number of pyridine rings is 2. The van der Waals surface area contributed by atoms with Gasteiger partial charge in [-0.1, -0.05) is 6.07 Å². The van der Waals surface area contributed by atoms with Crippen LogP contribution in [0.5, 0.6) is 0 Å². The highest BCUT2D eigenvalue weighted by Gasteiger charge is 2.34. The van der Waals surface area contributed by atoms with Gasteiger partial charge in [0.2, 0.25) is 0 Å². The first-order valence-electron chi connectivity index (χ1n) is 7.40. The van der Waals surface area contributed by atoms with Crippen molar-refractivity contribution < 1.29 is 18.0 Å². The largest absolute Gasteiger partial charge is 0.433 e. The molecular formula is C16H14F3N3O2. The minimum absolute atomic E-state index is 0.0178. The lowest BCUT2D eigenvalue weighted by Gasteiger charge is -2.24. The number of nitrogens with zero attached hydrogens (tertiary/aromatic N) is 2. The van der Waals surface area contributed by atoms with E-state index in [0.717, 1.165) is 12.3 Å². The SMILES string of the molecule is O=C(c1ccc[nH]c1=O)N1CCC[C@@H]1c1ccc(C(F)(F)F)nc1. The summed E-state index contributed by atoms with van der Waals surface area (Å²) >= 11 is 0. The van der Waals surface area contributed by atoms with Crippen LogP contribution < -0.4 is 5.56 Å². The fourth-order valence-electron chi connectivity index (χ4n) is 2.87. The normalized spacial score (nSPS) is 18.0. The van der Waals surface area contributed by atoms with Crippen LogP contribution in [-0.4, -0.2) is 27.3 Å². The zero-order valence-corrected chi connectivity index (χ0v) is 12.5. The van der Waals surface area contributed by atoms with Crippen molar-refractivity contribution in [3.8, 4) is 0 Å². The molecule has 126 valence electrons. The summed E-state index contributed by atoms with van der Waals surface area (Å²) in [5, 5.41) is 0. The molecule has 1 fully saturated rings. The van der Waals surface area contributed by atoms with Crippen LogP contribution in [0, 0.1) is 0 Å². The molecule has 3 rings (SSSR count). The van der Waals surface area contributed by atoms with Crippen LogP contribution in [0.15, 0.2) is 41.5 Å². The van der Waals surface area contributed by atoms with Gasteiger partial charge >= 0.3 is 6.18 Å². The van der Waals surface area contributed by atoms with E-state index < -0.39 is 23.3 Å². The molecule has 0 aliphatic carbocycles. The second-order valence-corrected chi connectivity index (χ2v) is 5.54. The van der Waals surface area contributed by atoms with Gasteiger partial charge in [0.1, 0.15) is 11.3 Å². The maximum absolute atomic E-state index is 12.6. The Hall–Kier alpha value is -2.64. The third-order valence-electron chi connectivity index (χ3n) is 4.02. The number of hydrogen-bond donors (Lipinski definition) is 1. The van der Waals surface area contributed by atoms with E-state index in [9.17, 15) is 22.8 Å². The Morgan fingerprint density at radius 2 is 2.08 bits per heavy atom. The van der Waals surface area contributed by atoms with Crippen molar-refractivity contribution in [2.24, 2.45) is 0 Å². The van der Waals surface area contributed by atoms with Crippen LogP contribution >= 0.6 is 0 Å². The summed E-state index contributed by atoms with van der Waals surface area (Å²) in [5.74, 6) is -0.431. The number of H-pyrrole nitrogens is 1. The Balaban J connectivity index is 1.87. The molecule has 0 aromatic carbocycles. The minimum Gasteiger partial charge on any atom is -0.331 e. The van der Waals surface area contributed by atoms with E-state index >= 15 is 0 Å². The third-order valence-corrected chi connectivity index (χ3v) is 4.02. The van der Waals surface area contributed by atoms with Crippen LogP contribution in [0.4, 0.5) is 13.2 Å². The molecule has 1 aliphatic rings. The van der Waals surface area contributed by atoms with E-state index in [1.54, 1.807) is 6.07 Å². The quantitative estimate of drug-likeness (QED) is 0.916. The highest BCUT2D eigenvalue weighted by atomic mass is 19.4. The molecule has 2 aromatic rings. The summed E-state index contributed by atoms with van der Waals surface area (Å²) in [5.41, 5.74) is -0.911. The number of amides is 1. The molecule has 1 saturated heterocycles. The molecule has 0 bridgehead atoms. The lowest BCUT2D eigenvalue weighted by molar-refractivity contribution is -0.141. The van der Waals surface area contributed by atoms with Crippen molar-refractivity contribution in [3.05, 3.63) is 63.8 Å². The van der Waals surface area contributed by atoms with E-state index in [0.29, 0.717) is 24.9 Å². The summed E-state index contributed by atoms with van der Waals surface area (Å²) in [6.45, 7) is 0.443. The topological polar surface area (TPSA) is 66.1 Å². The van der Waals surface area contributed by atoms with Crippen LogP contribution in [-0.2, 0) is 6.18 Å². The number of carbonyl (C=O) groups is 1. The van der Waals surface area contributed by atoms with Gasteiger partial charge < -0.3 is 9.88 Å². The van der Waals surface area contributed by atoms with Gasteiger partial charge in [-0.2, -0.15) is 13.2 Å². The van der Waals surface area contributed by atoms with Crippen molar-refractivity contribution in [2.45, 2.75) is 25.1 Å². The third kappa shape index (κ3) is 3.04. The van der Waals surface area contributed by atoms with E-state index in [-0.39, 0.29) is 11.6 Å². The summed E-state index contributed by atoms with van der Waals surface area (Å²) in [7, 11) is 0. The van der Waals surface area contributed by atoms with Gasteiger partial charge in [0.05, 0.1) is 6.04 Å². The summed E-state index contributed by atoms with van der Waals surface area (Å²) in [4.78, 5) is 31.8. The average molecular weight is 337 g/mol. The van der Waals surface area contributed by atoms with Gasteiger partial charge in [0.25, 0.3) is 11.5 Å². The molecule has 8 heteroatoms. The number of aromatic amines is 1. The Labute approximate surface area is 135 Å². The second kappa shape index (κ2) is 6.10. The van der Waals surface area contributed by atoms with Gasteiger partial charge in [-0.15, -0.1) is 0 Å². The lowest BCUT2D eigenvalue weighted by Crippen LogP contribution is -2.34. The molecule has 1 amide bonds. The predicted molar refractivity (Wildman–Crippen MR) is 79.3 cm³/mol. The van der Waals surface area contributed by atoms with Gasteiger partial charge in [0.15, 0.2) is 0 Å². The number of alkyl halides is 3. The first kappa shape index (κ1) is 16.2. The van der Waals surface area contributed by atoms with Crippen LogP contribution in [0.2, 0.25) is 0 Å². The number of hydrogen-bond acceptors (Lipinski definition) is 3. The average Bonchev–Trinajstić information content (AvgIpc) is 3.03. The standard InChI is InChI=1S/C16H14F3N3O2/c17-16(18,19)13-6-5-10(9-21-13)12-4-2-8-22(12)15(24)11-3-1-7-20-14(11)23/h1,3,5-7,9,12H,2,4,8H2,(H,20,23)/t12-/m1/s1. The zero-order chi connectivity index (χ0) is 17.3. The molecule has 1 N–H and O–H groups in total. The highest BCUT2D eigenvalue weighted by molar-refractivity contribution is 5.94. The molecule has 1 atom stereocenters. The van der Waals surface area contributed by atoms with Crippen LogP contribution in [0.3, 0.4) is 0 Å². The fraction of sp³-hybridized carbons (Fsp3) is 0.312. The molecular weight excluding hydrogens is 323 g/mol. The molecule has 5 nitrogen and oxygen atoms in total. The van der Waals surface area contributed by atoms with E-state index in [2.05, 4.69) is 9.97 Å². The highest BCUT2D eigenvalue weighted by Crippen LogP contribution is 2.34. The predicted octanol–water partition coefficient (Wildman–Crippen LogP) is 2.77. The van der Waals surface area contributed by atoms with Gasteiger partial charge in [-0.25, -0.2) is 0 Å². The number of carbonyl (C=O) groups excluding carboxylic acids is 1. The van der Waals surface area contributed by atoms with E-state index in [4.69, 9.17) is 0 Å². The molecule has 0 unspecified atom stereocenters. The van der Waals surface area contributed by atoms with Crippen molar-refractivity contribution in [2.75, 3.05) is 6.54 Å². The van der Waals surface area contributed by atoms with Crippen molar-refractivity contribution in [1.29, 1.82) is 0 Å². The first-order chi connectivity index (χ1) is 11.4. The number of rotatable bonds is 2. The summed E-state index contributed by atoms with van der Waals surface area (Å²) in [6.07, 6.45) is -0.596. The number of nitrogens with one attached hydrogen (secondary N) is 1.